The molecule has 0 spiro atoms. The molecule has 0 aliphatic rings. The number of halogens is 2. The van der Waals surface area contributed by atoms with E-state index in [0.29, 0.717) is 22.3 Å². The van der Waals surface area contributed by atoms with Gasteiger partial charge in [-0.3, -0.25) is 0 Å². The van der Waals surface area contributed by atoms with Crippen molar-refractivity contribution in [2.75, 3.05) is 12.3 Å². The van der Waals surface area contributed by atoms with Crippen molar-refractivity contribution < 1.29 is 8.42 Å². The Morgan fingerprint density at radius 2 is 1.45 bits per heavy atom. The Bertz CT molecular complexity index is 701. The van der Waals surface area contributed by atoms with E-state index in [1.165, 1.54) is 12.1 Å². The third-order valence-corrected chi connectivity index (χ3v) is 5.86. The molecule has 0 heterocycles. The predicted molar refractivity (Wildman–Crippen MR) is 94.3 cm³/mol. The number of benzene rings is 2. The van der Waals surface area contributed by atoms with Crippen LogP contribution in [0.2, 0.25) is 10.0 Å². The van der Waals surface area contributed by atoms with E-state index in [1.807, 2.05) is 24.3 Å². The minimum absolute atomic E-state index is 0.222. The van der Waals surface area contributed by atoms with Crippen molar-refractivity contribution in [2.24, 2.45) is 0 Å². The Morgan fingerprint density at radius 1 is 0.909 bits per heavy atom. The van der Waals surface area contributed by atoms with Gasteiger partial charge < -0.3 is 0 Å². The maximum Gasteiger partial charge on any atom is 0.240 e. The molecule has 118 valence electrons. The summed E-state index contributed by atoms with van der Waals surface area (Å²) in [5.74, 6) is 1.51. The van der Waals surface area contributed by atoms with Crippen LogP contribution in [0.15, 0.2) is 53.4 Å². The summed E-state index contributed by atoms with van der Waals surface area (Å²) in [6.45, 7) is 0.378. The fourth-order valence-electron chi connectivity index (χ4n) is 1.72. The smallest absolute Gasteiger partial charge is 0.210 e. The highest BCUT2D eigenvalue weighted by molar-refractivity contribution is 7.98. The molecular weight excluding hydrogens is 361 g/mol. The molecule has 0 aliphatic carbocycles. The summed E-state index contributed by atoms with van der Waals surface area (Å²) in [4.78, 5) is 0.222. The van der Waals surface area contributed by atoms with Gasteiger partial charge in [0.05, 0.1) is 4.90 Å². The highest BCUT2D eigenvalue weighted by Crippen LogP contribution is 2.16. The minimum Gasteiger partial charge on any atom is -0.210 e. The van der Waals surface area contributed by atoms with E-state index in [4.69, 9.17) is 23.2 Å². The van der Waals surface area contributed by atoms with E-state index in [0.717, 1.165) is 11.3 Å². The van der Waals surface area contributed by atoms with Crippen LogP contribution in [0, 0.1) is 0 Å². The molecule has 0 fully saturated rings. The Balaban J connectivity index is 1.76. The second-order valence-corrected chi connectivity index (χ2v) is 8.28. The highest BCUT2D eigenvalue weighted by Gasteiger charge is 2.12. The van der Waals surface area contributed by atoms with Crippen molar-refractivity contribution in [3.63, 3.8) is 0 Å². The molecule has 0 bridgehead atoms. The first kappa shape index (κ1) is 17.6. The van der Waals surface area contributed by atoms with Gasteiger partial charge in [-0.15, -0.1) is 0 Å². The van der Waals surface area contributed by atoms with Gasteiger partial charge in [-0.1, -0.05) is 35.3 Å². The molecule has 7 heteroatoms. The second-order valence-electron chi connectivity index (χ2n) is 4.53. The van der Waals surface area contributed by atoms with Crippen molar-refractivity contribution >= 4 is 45.0 Å². The molecule has 0 aliphatic heterocycles. The summed E-state index contributed by atoms with van der Waals surface area (Å²) < 4.78 is 26.6. The number of hydrogen-bond donors (Lipinski definition) is 1. The van der Waals surface area contributed by atoms with Crippen molar-refractivity contribution in [3.05, 3.63) is 64.1 Å². The van der Waals surface area contributed by atoms with Crippen LogP contribution in [0.4, 0.5) is 0 Å². The number of hydrogen-bond acceptors (Lipinski definition) is 3. The quantitative estimate of drug-likeness (QED) is 0.737. The van der Waals surface area contributed by atoms with Gasteiger partial charge in [0, 0.05) is 28.1 Å². The lowest BCUT2D eigenvalue weighted by atomic mass is 10.2. The van der Waals surface area contributed by atoms with E-state index in [2.05, 4.69) is 4.72 Å². The normalized spacial score (nSPS) is 11.5. The summed E-state index contributed by atoms with van der Waals surface area (Å²) in [6.07, 6.45) is 0. The molecular formula is C15H15Cl2NO2S2. The van der Waals surface area contributed by atoms with E-state index in [9.17, 15) is 8.42 Å². The molecule has 22 heavy (non-hydrogen) atoms. The summed E-state index contributed by atoms with van der Waals surface area (Å²) in [5, 5.41) is 1.22. The fourth-order valence-corrected chi connectivity index (χ4v) is 3.95. The zero-order valence-electron chi connectivity index (χ0n) is 11.6. The number of sulfonamides is 1. The lowest BCUT2D eigenvalue weighted by Crippen LogP contribution is -2.26. The topological polar surface area (TPSA) is 46.2 Å². The van der Waals surface area contributed by atoms with Crippen molar-refractivity contribution in [1.82, 2.24) is 4.72 Å². The average Bonchev–Trinajstić information content (AvgIpc) is 2.49. The lowest BCUT2D eigenvalue weighted by molar-refractivity contribution is 0.584. The molecule has 0 saturated carbocycles. The molecule has 2 aromatic carbocycles. The Kier molecular flexibility index (Phi) is 6.59. The molecule has 0 aromatic heterocycles. The second kappa shape index (κ2) is 8.22. The monoisotopic (exact) mass is 375 g/mol. The third-order valence-electron chi connectivity index (χ3n) is 2.84. The molecule has 1 N–H and O–H groups in total. The maximum absolute atomic E-state index is 12.0. The molecule has 2 aromatic rings. The van der Waals surface area contributed by atoms with Gasteiger partial charge in [-0.05, 0) is 42.0 Å². The number of nitrogens with one attached hydrogen (secondary N) is 1. The molecule has 0 saturated heterocycles. The predicted octanol–water partition coefficient (Wildman–Crippen LogP) is 4.21. The van der Waals surface area contributed by atoms with E-state index in [-0.39, 0.29) is 4.90 Å². The summed E-state index contributed by atoms with van der Waals surface area (Å²) in [6, 6.07) is 13.7. The highest BCUT2D eigenvalue weighted by atomic mass is 35.5. The Labute approximate surface area is 145 Å². The zero-order chi connectivity index (χ0) is 16.0. The van der Waals surface area contributed by atoms with E-state index < -0.39 is 10.0 Å². The van der Waals surface area contributed by atoms with Gasteiger partial charge >= 0.3 is 0 Å². The van der Waals surface area contributed by atoms with Crippen LogP contribution in [-0.4, -0.2) is 20.7 Å². The van der Waals surface area contributed by atoms with Gasteiger partial charge in [0.1, 0.15) is 0 Å². The van der Waals surface area contributed by atoms with Crippen molar-refractivity contribution in [3.8, 4) is 0 Å². The minimum atomic E-state index is -3.47. The SMILES string of the molecule is O=S(=O)(NCCSCc1ccc(Cl)cc1)c1ccc(Cl)cc1. The van der Waals surface area contributed by atoms with Crippen LogP contribution in [0.1, 0.15) is 5.56 Å². The van der Waals surface area contributed by atoms with Crippen LogP contribution in [0.25, 0.3) is 0 Å². The van der Waals surface area contributed by atoms with E-state index >= 15 is 0 Å². The van der Waals surface area contributed by atoms with Gasteiger partial charge in [0.25, 0.3) is 0 Å². The Morgan fingerprint density at radius 3 is 2.05 bits per heavy atom. The molecule has 0 unspecified atom stereocenters. The summed E-state index contributed by atoms with van der Waals surface area (Å²) in [5.41, 5.74) is 1.16. The Hall–Kier alpha value is -0.720. The van der Waals surface area contributed by atoms with Crippen LogP contribution in [0.3, 0.4) is 0 Å². The molecule has 0 amide bonds. The standard InChI is InChI=1S/C15H15Cl2NO2S2/c16-13-3-1-12(2-4-13)11-21-10-9-18-22(19,20)15-7-5-14(17)6-8-15/h1-8,18H,9-11H2. The first-order valence-corrected chi connectivity index (χ1v) is 9.94. The fraction of sp³-hybridized carbons (Fsp3) is 0.200. The zero-order valence-corrected chi connectivity index (χ0v) is 14.8. The van der Waals surface area contributed by atoms with Crippen LogP contribution in [-0.2, 0) is 15.8 Å². The summed E-state index contributed by atoms with van der Waals surface area (Å²) in [7, 11) is -3.47. The van der Waals surface area contributed by atoms with Crippen LogP contribution in [0.5, 0.6) is 0 Å². The molecule has 0 atom stereocenters. The van der Waals surface area contributed by atoms with Gasteiger partial charge in [0.15, 0.2) is 0 Å². The van der Waals surface area contributed by atoms with Gasteiger partial charge in [-0.25, -0.2) is 13.1 Å². The third kappa shape index (κ3) is 5.48. The van der Waals surface area contributed by atoms with E-state index in [1.54, 1.807) is 23.9 Å². The summed E-state index contributed by atoms with van der Waals surface area (Å²) >= 11 is 13.2. The number of thioether (sulfide) groups is 1. The number of rotatable bonds is 7. The van der Waals surface area contributed by atoms with Crippen LogP contribution < -0.4 is 4.72 Å². The van der Waals surface area contributed by atoms with Gasteiger partial charge in [-0.2, -0.15) is 11.8 Å². The largest absolute Gasteiger partial charge is 0.240 e. The van der Waals surface area contributed by atoms with Gasteiger partial charge in [0.2, 0.25) is 10.0 Å². The first-order chi connectivity index (χ1) is 10.5. The molecule has 3 nitrogen and oxygen atoms in total. The first-order valence-electron chi connectivity index (χ1n) is 6.55. The van der Waals surface area contributed by atoms with Crippen molar-refractivity contribution in [2.45, 2.75) is 10.6 Å². The average molecular weight is 376 g/mol. The molecule has 0 radical (unpaired) electrons. The van der Waals surface area contributed by atoms with Crippen molar-refractivity contribution in [1.29, 1.82) is 0 Å². The molecule has 2 rings (SSSR count). The lowest BCUT2D eigenvalue weighted by Gasteiger charge is -2.07. The van der Waals surface area contributed by atoms with Crippen LogP contribution >= 0.6 is 35.0 Å². The maximum atomic E-state index is 12.0.